The minimum Gasteiger partial charge on any atom is -0.476 e. The fourth-order valence-electron chi connectivity index (χ4n) is 2.62. The van der Waals surface area contributed by atoms with E-state index in [1.807, 2.05) is 0 Å². The number of anilines is 1. The zero-order valence-electron chi connectivity index (χ0n) is 11.9. The van der Waals surface area contributed by atoms with Gasteiger partial charge in [0.15, 0.2) is 5.69 Å². The molecule has 2 atom stereocenters. The Labute approximate surface area is 127 Å². The molecule has 0 spiro atoms. The molecule has 0 bridgehead atoms. The summed E-state index contributed by atoms with van der Waals surface area (Å²) >= 11 is 0. The first kappa shape index (κ1) is 14.5. The number of hydrogen-bond acceptors (Lipinski definition) is 6. The molecule has 0 unspecified atom stereocenters. The number of carbonyl (C=O) groups is 1. The molecule has 2 aromatic heterocycles. The van der Waals surface area contributed by atoms with Gasteiger partial charge >= 0.3 is 5.97 Å². The van der Waals surface area contributed by atoms with Gasteiger partial charge in [0.25, 0.3) is 0 Å². The lowest BCUT2D eigenvalue weighted by molar-refractivity contribution is 0.0690. The lowest BCUT2D eigenvalue weighted by Gasteiger charge is -2.28. The second-order valence-electron chi connectivity index (χ2n) is 5.38. The number of aliphatic hydroxyl groups is 1. The topological polar surface area (TPSA) is 108 Å². The van der Waals surface area contributed by atoms with Crippen LogP contribution in [-0.4, -0.2) is 38.3 Å². The van der Waals surface area contributed by atoms with Crippen LogP contribution in [0, 0.1) is 0 Å². The summed E-state index contributed by atoms with van der Waals surface area (Å²) in [6.07, 6.45) is 6.14. The molecule has 7 heteroatoms. The number of aliphatic hydroxyl groups excluding tert-OH is 1. The highest BCUT2D eigenvalue weighted by atomic mass is 16.4. The van der Waals surface area contributed by atoms with Crippen LogP contribution in [-0.2, 0) is 0 Å². The molecule has 22 heavy (non-hydrogen) atoms. The molecular formula is C15H17N3O4. The number of rotatable bonds is 4. The van der Waals surface area contributed by atoms with Crippen LogP contribution in [0.3, 0.4) is 0 Å². The smallest absolute Gasteiger partial charge is 0.357 e. The standard InChI is InChI=1S/C15H17N3O4/c19-12-4-2-1-3-10(12)17-13-7-9(5-6-16-13)14-18-11(8-22-14)15(20)21/h5-8,10,12,19H,1-4H2,(H,16,17)(H,20,21)/t10-,12+/m0/s1. The van der Waals surface area contributed by atoms with Crippen LogP contribution in [0.25, 0.3) is 11.5 Å². The third-order valence-electron chi connectivity index (χ3n) is 3.79. The van der Waals surface area contributed by atoms with Crippen molar-refractivity contribution < 1.29 is 19.4 Å². The largest absolute Gasteiger partial charge is 0.476 e. The molecule has 0 aromatic carbocycles. The maximum absolute atomic E-state index is 10.8. The van der Waals surface area contributed by atoms with Crippen molar-refractivity contribution in [2.45, 2.75) is 37.8 Å². The van der Waals surface area contributed by atoms with Crippen molar-refractivity contribution in [3.05, 3.63) is 30.3 Å². The molecule has 0 amide bonds. The lowest BCUT2D eigenvalue weighted by atomic mass is 9.92. The molecule has 0 aliphatic heterocycles. The van der Waals surface area contributed by atoms with Crippen LogP contribution < -0.4 is 5.32 Å². The Balaban J connectivity index is 1.78. The normalized spacial score (nSPS) is 21.5. The molecule has 1 fully saturated rings. The predicted molar refractivity (Wildman–Crippen MR) is 78.6 cm³/mol. The van der Waals surface area contributed by atoms with Crippen LogP contribution in [0.5, 0.6) is 0 Å². The minimum absolute atomic E-state index is 0.0179. The van der Waals surface area contributed by atoms with Gasteiger partial charge in [0, 0.05) is 11.8 Å². The third kappa shape index (κ3) is 3.09. The van der Waals surface area contributed by atoms with Gasteiger partial charge in [0.2, 0.25) is 5.89 Å². The quantitative estimate of drug-likeness (QED) is 0.794. The monoisotopic (exact) mass is 303 g/mol. The van der Waals surface area contributed by atoms with Crippen molar-refractivity contribution in [2.24, 2.45) is 0 Å². The molecule has 1 saturated carbocycles. The Morgan fingerprint density at radius 2 is 2.18 bits per heavy atom. The molecular weight excluding hydrogens is 286 g/mol. The zero-order valence-corrected chi connectivity index (χ0v) is 11.9. The molecule has 1 aliphatic carbocycles. The van der Waals surface area contributed by atoms with E-state index in [1.54, 1.807) is 18.3 Å². The number of aromatic carboxylic acids is 1. The van der Waals surface area contributed by atoms with Gasteiger partial charge in [-0.25, -0.2) is 14.8 Å². The highest BCUT2D eigenvalue weighted by molar-refractivity contribution is 5.85. The fourth-order valence-corrected chi connectivity index (χ4v) is 2.62. The summed E-state index contributed by atoms with van der Waals surface area (Å²) in [5.41, 5.74) is 0.499. The number of oxazole rings is 1. The molecule has 2 aromatic rings. The highest BCUT2D eigenvalue weighted by Crippen LogP contribution is 2.24. The SMILES string of the molecule is O=C(O)c1coc(-c2ccnc(N[C@H]3CCCC[C@H]3O)c2)n1. The van der Waals surface area contributed by atoms with Gasteiger partial charge in [-0.1, -0.05) is 12.8 Å². The van der Waals surface area contributed by atoms with Crippen LogP contribution in [0.15, 0.2) is 29.0 Å². The first-order valence-corrected chi connectivity index (χ1v) is 7.23. The number of pyridine rings is 1. The van der Waals surface area contributed by atoms with Gasteiger partial charge in [-0.2, -0.15) is 0 Å². The zero-order chi connectivity index (χ0) is 15.5. The molecule has 2 heterocycles. The van der Waals surface area contributed by atoms with Crippen LogP contribution >= 0.6 is 0 Å². The molecule has 0 radical (unpaired) electrons. The van der Waals surface area contributed by atoms with E-state index >= 15 is 0 Å². The Kier molecular flexibility index (Phi) is 4.06. The van der Waals surface area contributed by atoms with Gasteiger partial charge in [0.1, 0.15) is 12.1 Å². The van der Waals surface area contributed by atoms with E-state index in [0.717, 1.165) is 31.9 Å². The van der Waals surface area contributed by atoms with Gasteiger partial charge in [-0.05, 0) is 25.0 Å². The molecule has 0 saturated heterocycles. The number of aromatic nitrogens is 2. The summed E-state index contributed by atoms with van der Waals surface area (Å²) in [7, 11) is 0. The number of carboxylic acids is 1. The summed E-state index contributed by atoms with van der Waals surface area (Å²) in [4.78, 5) is 19.0. The van der Waals surface area contributed by atoms with E-state index < -0.39 is 5.97 Å². The first-order valence-electron chi connectivity index (χ1n) is 7.23. The van der Waals surface area contributed by atoms with E-state index in [1.165, 1.54) is 0 Å². The Morgan fingerprint density at radius 1 is 1.36 bits per heavy atom. The van der Waals surface area contributed by atoms with Gasteiger partial charge in [0.05, 0.1) is 12.1 Å². The molecule has 3 N–H and O–H groups in total. The van der Waals surface area contributed by atoms with E-state index in [0.29, 0.717) is 11.4 Å². The minimum atomic E-state index is -1.13. The van der Waals surface area contributed by atoms with Crippen LogP contribution in [0.1, 0.15) is 36.2 Å². The van der Waals surface area contributed by atoms with E-state index in [9.17, 15) is 9.90 Å². The fraction of sp³-hybridized carbons (Fsp3) is 0.400. The average Bonchev–Trinajstić information content (AvgIpc) is 3.00. The second kappa shape index (κ2) is 6.15. The molecule has 116 valence electrons. The maximum Gasteiger partial charge on any atom is 0.357 e. The Morgan fingerprint density at radius 3 is 2.91 bits per heavy atom. The van der Waals surface area contributed by atoms with Crippen molar-refractivity contribution in [1.29, 1.82) is 0 Å². The molecule has 1 aliphatic rings. The summed E-state index contributed by atoms with van der Waals surface area (Å²) in [6, 6.07) is 3.41. The van der Waals surface area contributed by atoms with Gasteiger partial charge in [-0.3, -0.25) is 0 Å². The number of hydrogen-bond donors (Lipinski definition) is 3. The van der Waals surface area contributed by atoms with Crippen molar-refractivity contribution in [3.63, 3.8) is 0 Å². The second-order valence-corrected chi connectivity index (χ2v) is 5.38. The van der Waals surface area contributed by atoms with E-state index in [4.69, 9.17) is 9.52 Å². The van der Waals surface area contributed by atoms with Crippen molar-refractivity contribution in [3.8, 4) is 11.5 Å². The maximum atomic E-state index is 10.8. The summed E-state index contributed by atoms with van der Waals surface area (Å²) in [5.74, 6) is -0.293. The van der Waals surface area contributed by atoms with Crippen LogP contribution in [0.4, 0.5) is 5.82 Å². The highest BCUT2D eigenvalue weighted by Gasteiger charge is 2.23. The third-order valence-corrected chi connectivity index (χ3v) is 3.79. The predicted octanol–water partition coefficient (Wildman–Crippen LogP) is 2.15. The van der Waals surface area contributed by atoms with Crippen LogP contribution in [0.2, 0.25) is 0 Å². The first-order chi connectivity index (χ1) is 10.6. The lowest BCUT2D eigenvalue weighted by Crippen LogP contribution is -2.36. The summed E-state index contributed by atoms with van der Waals surface area (Å²) in [5, 5.41) is 22.1. The van der Waals surface area contributed by atoms with Gasteiger partial charge in [-0.15, -0.1) is 0 Å². The van der Waals surface area contributed by atoms with Gasteiger partial charge < -0.3 is 19.9 Å². The van der Waals surface area contributed by atoms with Crippen molar-refractivity contribution in [2.75, 3.05) is 5.32 Å². The average molecular weight is 303 g/mol. The molecule has 3 rings (SSSR count). The number of nitrogens with one attached hydrogen (secondary N) is 1. The van der Waals surface area contributed by atoms with E-state index in [2.05, 4.69) is 15.3 Å². The number of carboxylic acid groups (broad SMARTS) is 1. The Hall–Kier alpha value is -2.41. The molecule has 7 nitrogen and oxygen atoms in total. The van der Waals surface area contributed by atoms with Crippen molar-refractivity contribution >= 4 is 11.8 Å². The summed E-state index contributed by atoms with van der Waals surface area (Å²) in [6.45, 7) is 0. The number of nitrogens with zero attached hydrogens (tertiary/aromatic N) is 2. The van der Waals surface area contributed by atoms with E-state index in [-0.39, 0.29) is 23.7 Å². The summed E-state index contributed by atoms with van der Waals surface area (Å²) < 4.78 is 5.18. The van der Waals surface area contributed by atoms with Crippen molar-refractivity contribution in [1.82, 2.24) is 9.97 Å². The Bertz CT molecular complexity index is 670.